The Kier molecular flexibility index (Phi) is 7.21. The molecule has 5 nitrogen and oxygen atoms in total. The molecule has 0 aliphatic heterocycles. The number of benzene rings is 2. The first-order valence-corrected chi connectivity index (χ1v) is 10.1. The lowest BCUT2D eigenvalue weighted by Gasteiger charge is -2.25. The monoisotopic (exact) mass is 393 g/mol. The third-order valence-electron chi connectivity index (χ3n) is 4.12. The van der Waals surface area contributed by atoms with Crippen molar-refractivity contribution in [2.45, 2.75) is 19.4 Å². The number of hydrogen-bond donors (Lipinski definition) is 2. The summed E-state index contributed by atoms with van der Waals surface area (Å²) in [4.78, 5) is 25.0. The fourth-order valence-corrected chi connectivity index (χ4v) is 3.36. The summed E-state index contributed by atoms with van der Waals surface area (Å²) in [7, 11) is 0. The second-order valence-electron chi connectivity index (χ2n) is 6.28. The molecule has 2 N–H and O–H groups in total. The Labute approximate surface area is 169 Å². The van der Waals surface area contributed by atoms with Gasteiger partial charge in [-0.25, -0.2) is 0 Å². The van der Waals surface area contributed by atoms with E-state index in [0.717, 1.165) is 11.3 Å². The van der Waals surface area contributed by atoms with Gasteiger partial charge in [0.25, 0.3) is 5.91 Å². The normalized spacial score (nSPS) is 10.3. The Balaban J connectivity index is 1.50. The number of anilines is 1. The molecule has 28 heavy (non-hydrogen) atoms. The topological polar surface area (TPSA) is 61.4 Å². The van der Waals surface area contributed by atoms with Crippen LogP contribution in [-0.4, -0.2) is 18.4 Å². The quantitative estimate of drug-likeness (QED) is 0.427. The molecule has 2 amide bonds. The summed E-state index contributed by atoms with van der Waals surface area (Å²) in [5.41, 5.74) is 5.01. The number of carbonyl (C=O) groups is 2. The minimum Gasteiger partial charge on any atom is -0.351 e. The fraction of sp³-hybridized carbons (Fsp3) is 0.182. The van der Waals surface area contributed by atoms with Gasteiger partial charge in [-0.2, -0.15) is 0 Å². The van der Waals surface area contributed by atoms with E-state index in [4.69, 9.17) is 0 Å². The molecule has 3 aromatic rings. The maximum absolute atomic E-state index is 12.4. The third-order valence-corrected chi connectivity index (χ3v) is 4.99. The number of nitrogens with zero attached hydrogens (tertiary/aromatic N) is 1. The van der Waals surface area contributed by atoms with Gasteiger partial charge in [0.1, 0.15) is 0 Å². The highest BCUT2D eigenvalue weighted by molar-refractivity contribution is 7.12. The first-order valence-electron chi connectivity index (χ1n) is 9.20. The van der Waals surface area contributed by atoms with Crippen LogP contribution in [0.4, 0.5) is 5.69 Å². The molecule has 0 aliphatic rings. The van der Waals surface area contributed by atoms with E-state index in [2.05, 4.69) is 10.7 Å². The smallest absolute Gasteiger partial charge is 0.261 e. The largest absolute Gasteiger partial charge is 0.351 e. The Morgan fingerprint density at radius 3 is 2.29 bits per heavy atom. The van der Waals surface area contributed by atoms with Gasteiger partial charge >= 0.3 is 0 Å². The SMILES string of the molecule is O=C(CCCNC(=O)c1cccs1)NN(Cc1ccccc1)c1ccccc1. The minimum absolute atomic E-state index is 0.0786. The molecule has 0 aliphatic carbocycles. The van der Waals surface area contributed by atoms with Gasteiger partial charge in [-0.1, -0.05) is 54.6 Å². The summed E-state index contributed by atoms with van der Waals surface area (Å²) in [6.45, 7) is 1.04. The van der Waals surface area contributed by atoms with Crippen LogP contribution < -0.4 is 15.8 Å². The molecule has 0 radical (unpaired) electrons. The number of carbonyl (C=O) groups excluding carboxylic acids is 2. The van der Waals surface area contributed by atoms with Crippen molar-refractivity contribution in [3.05, 3.63) is 88.6 Å². The van der Waals surface area contributed by atoms with Crippen molar-refractivity contribution in [2.24, 2.45) is 0 Å². The lowest BCUT2D eigenvalue weighted by atomic mass is 10.2. The number of thiophene rings is 1. The maximum Gasteiger partial charge on any atom is 0.261 e. The van der Waals surface area contributed by atoms with Crippen molar-refractivity contribution >= 4 is 28.8 Å². The van der Waals surface area contributed by atoms with Crippen LogP contribution in [0.25, 0.3) is 0 Å². The number of hydrazine groups is 1. The van der Waals surface area contributed by atoms with Crippen LogP contribution in [0.15, 0.2) is 78.2 Å². The zero-order valence-electron chi connectivity index (χ0n) is 15.5. The van der Waals surface area contributed by atoms with Gasteiger partial charge in [0.2, 0.25) is 5.91 Å². The van der Waals surface area contributed by atoms with E-state index in [1.165, 1.54) is 11.3 Å². The molecule has 0 bridgehead atoms. The molecule has 1 heterocycles. The van der Waals surface area contributed by atoms with Crippen LogP contribution >= 0.6 is 11.3 Å². The summed E-state index contributed by atoms with van der Waals surface area (Å²) in [6, 6.07) is 23.4. The van der Waals surface area contributed by atoms with Crippen molar-refractivity contribution in [2.75, 3.05) is 11.6 Å². The predicted molar refractivity (Wildman–Crippen MR) is 113 cm³/mol. The molecule has 0 atom stereocenters. The van der Waals surface area contributed by atoms with Crippen LogP contribution in [0.5, 0.6) is 0 Å². The van der Waals surface area contributed by atoms with Gasteiger partial charge < -0.3 is 5.32 Å². The predicted octanol–water partition coefficient (Wildman–Crippen LogP) is 4.00. The van der Waals surface area contributed by atoms with E-state index in [0.29, 0.717) is 30.8 Å². The lowest BCUT2D eigenvalue weighted by molar-refractivity contribution is -0.121. The van der Waals surface area contributed by atoms with E-state index in [9.17, 15) is 9.59 Å². The number of para-hydroxylation sites is 1. The molecule has 3 rings (SSSR count). The number of rotatable bonds is 9. The Bertz CT molecular complexity index is 867. The van der Waals surface area contributed by atoms with E-state index >= 15 is 0 Å². The molecule has 6 heteroatoms. The van der Waals surface area contributed by atoms with Gasteiger partial charge in [0.05, 0.1) is 17.1 Å². The Hall–Kier alpha value is -3.12. The molecule has 0 unspecified atom stereocenters. The van der Waals surface area contributed by atoms with Crippen molar-refractivity contribution in [1.82, 2.24) is 10.7 Å². The average Bonchev–Trinajstić information content (AvgIpc) is 3.27. The summed E-state index contributed by atoms with van der Waals surface area (Å²) in [5.74, 6) is -0.171. The van der Waals surface area contributed by atoms with E-state index in [1.807, 2.05) is 77.1 Å². The first kappa shape index (κ1) is 19.6. The highest BCUT2D eigenvalue weighted by atomic mass is 32.1. The van der Waals surface area contributed by atoms with Gasteiger partial charge in [-0.15, -0.1) is 11.3 Å². The molecule has 0 fully saturated rings. The number of hydrogen-bond acceptors (Lipinski definition) is 4. The fourth-order valence-electron chi connectivity index (χ4n) is 2.72. The number of nitrogens with one attached hydrogen (secondary N) is 2. The summed E-state index contributed by atoms with van der Waals surface area (Å²) in [6.07, 6.45) is 0.916. The molecule has 1 aromatic heterocycles. The zero-order chi connectivity index (χ0) is 19.6. The maximum atomic E-state index is 12.4. The van der Waals surface area contributed by atoms with Crippen molar-refractivity contribution in [1.29, 1.82) is 0 Å². The van der Waals surface area contributed by atoms with Crippen molar-refractivity contribution < 1.29 is 9.59 Å². The third kappa shape index (κ3) is 5.96. The van der Waals surface area contributed by atoms with Crippen LogP contribution in [0, 0.1) is 0 Å². The average molecular weight is 394 g/mol. The molecule has 2 aromatic carbocycles. The Morgan fingerprint density at radius 1 is 0.893 bits per heavy atom. The van der Waals surface area contributed by atoms with Crippen LogP contribution in [0.1, 0.15) is 28.1 Å². The van der Waals surface area contributed by atoms with Crippen LogP contribution in [0.2, 0.25) is 0 Å². The van der Waals surface area contributed by atoms with Crippen molar-refractivity contribution in [3.63, 3.8) is 0 Å². The second-order valence-corrected chi connectivity index (χ2v) is 7.23. The van der Waals surface area contributed by atoms with Gasteiger partial charge in [0, 0.05) is 13.0 Å². The van der Waals surface area contributed by atoms with E-state index in [-0.39, 0.29) is 11.8 Å². The van der Waals surface area contributed by atoms with Gasteiger partial charge in [-0.3, -0.25) is 20.0 Å². The summed E-state index contributed by atoms with van der Waals surface area (Å²) in [5, 5.41) is 6.56. The van der Waals surface area contributed by atoms with Crippen LogP contribution in [-0.2, 0) is 11.3 Å². The summed E-state index contributed by atoms with van der Waals surface area (Å²) >= 11 is 1.40. The van der Waals surface area contributed by atoms with Crippen molar-refractivity contribution in [3.8, 4) is 0 Å². The van der Waals surface area contributed by atoms with Crippen LogP contribution in [0.3, 0.4) is 0 Å². The summed E-state index contributed by atoms with van der Waals surface area (Å²) < 4.78 is 0. The standard InChI is InChI=1S/C22H23N3O2S/c26-21(14-7-15-23-22(27)20-13-8-16-28-20)24-25(19-11-5-2-6-12-19)17-18-9-3-1-4-10-18/h1-6,8-13,16H,7,14-15,17H2,(H,23,27)(H,24,26). The van der Waals surface area contributed by atoms with E-state index < -0.39 is 0 Å². The molecule has 0 saturated carbocycles. The van der Waals surface area contributed by atoms with Gasteiger partial charge in [0.15, 0.2) is 0 Å². The van der Waals surface area contributed by atoms with E-state index in [1.54, 1.807) is 6.07 Å². The second kappa shape index (κ2) is 10.3. The molecule has 0 saturated heterocycles. The number of amides is 2. The molecular formula is C22H23N3O2S. The zero-order valence-corrected chi connectivity index (χ0v) is 16.3. The molecular weight excluding hydrogens is 370 g/mol. The molecule has 144 valence electrons. The highest BCUT2D eigenvalue weighted by Gasteiger charge is 2.11. The van der Waals surface area contributed by atoms with Gasteiger partial charge in [-0.05, 0) is 35.6 Å². The first-order chi connectivity index (χ1) is 13.7. The Morgan fingerprint density at radius 2 is 1.61 bits per heavy atom. The lowest BCUT2D eigenvalue weighted by Crippen LogP contribution is -2.42. The highest BCUT2D eigenvalue weighted by Crippen LogP contribution is 2.15. The minimum atomic E-state index is -0.0922. The molecule has 0 spiro atoms.